The molecule has 1 aliphatic rings. The maximum absolute atomic E-state index is 11.2. The lowest BCUT2D eigenvalue weighted by atomic mass is 9.88. The molecule has 1 aliphatic heterocycles. The lowest BCUT2D eigenvalue weighted by Gasteiger charge is -2.44. The third-order valence-electron chi connectivity index (χ3n) is 3.45. The van der Waals surface area contributed by atoms with Gasteiger partial charge in [-0.25, -0.2) is 4.79 Å². The lowest BCUT2D eigenvalue weighted by Crippen LogP contribution is -2.67. The fourth-order valence-corrected chi connectivity index (χ4v) is 2.30. The highest BCUT2D eigenvalue weighted by Gasteiger charge is 2.54. The molecule has 1 heterocycles. The Morgan fingerprint density at radius 1 is 1.42 bits per heavy atom. The number of azide groups is 1. The molecule has 1 saturated heterocycles. The first-order valence-corrected chi connectivity index (χ1v) is 6.70. The van der Waals surface area contributed by atoms with E-state index in [1.807, 2.05) is 0 Å². The highest BCUT2D eigenvalue weighted by molar-refractivity contribution is 5.76. The predicted molar refractivity (Wildman–Crippen MR) is 72.9 cm³/mol. The summed E-state index contributed by atoms with van der Waals surface area (Å²) in [5, 5.41) is 63.0. The Kier molecular flexibility index (Phi) is 6.45. The molecule has 7 N–H and O–H groups in total. The molecule has 136 valence electrons. The van der Waals surface area contributed by atoms with Crippen molar-refractivity contribution in [1.82, 2.24) is 5.32 Å². The number of carboxylic acid groups (broad SMARTS) is 1. The van der Waals surface area contributed by atoms with Gasteiger partial charge in [-0.2, -0.15) is 0 Å². The van der Waals surface area contributed by atoms with Crippen LogP contribution in [0.5, 0.6) is 0 Å². The van der Waals surface area contributed by atoms with Crippen LogP contribution < -0.4 is 5.32 Å². The van der Waals surface area contributed by atoms with Gasteiger partial charge in [-0.1, -0.05) is 5.11 Å². The van der Waals surface area contributed by atoms with Gasteiger partial charge >= 0.3 is 5.97 Å². The summed E-state index contributed by atoms with van der Waals surface area (Å²) >= 11 is 0. The number of hydrogen-bond donors (Lipinski definition) is 7. The molecule has 0 aromatic heterocycles. The molecule has 0 aromatic carbocycles. The molecule has 7 atom stereocenters. The molecule has 4 unspecified atom stereocenters. The number of hydrogen-bond acceptors (Lipinski definition) is 9. The van der Waals surface area contributed by atoms with Gasteiger partial charge in [-0.15, -0.1) is 0 Å². The second kappa shape index (κ2) is 7.72. The van der Waals surface area contributed by atoms with Crippen LogP contribution in [0, 0.1) is 0 Å². The molecule has 24 heavy (non-hydrogen) atoms. The van der Waals surface area contributed by atoms with Gasteiger partial charge in [-0.05, 0) is 5.53 Å². The fraction of sp³-hybridized carbons (Fsp3) is 0.818. The summed E-state index contributed by atoms with van der Waals surface area (Å²) < 4.78 is 4.86. The Balaban J connectivity index is 3.15. The molecule has 1 fully saturated rings. The van der Waals surface area contributed by atoms with E-state index in [-0.39, 0.29) is 0 Å². The van der Waals surface area contributed by atoms with Crippen LogP contribution in [0.2, 0.25) is 0 Å². The number of aliphatic hydroxyl groups excluding tert-OH is 4. The van der Waals surface area contributed by atoms with Crippen molar-refractivity contribution in [2.75, 3.05) is 0 Å². The van der Waals surface area contributed by atoms with Crippen molar-refractivity contribution in [3.63, 3.8) is 0 Å². The largest absolute Gasteiger partial charge is 0.477 e. The van der Waals surface area contributed by atoms with Gasteiger partial charge in [0.25, 0.3) is 5.79 Å². The number of carboxylic acids is 1. The summed E-state index contributed by atoms with van der Waals surface area (Å²) in [6.07, 6.45) is -10.7. The normalized spacial score (nSPS) is 33.7. The van der Waals surface area contributed by atoms with Gasteiger partial charge in [0.2, 0.25) is 5.91 Å². The second-order valence-corrected chi connectivity index (χ2v) is 5.27. The van der Waals surface area contributed by atoms with E-state index >= 15 is 0 Å². The molecule has 1 rings (SSSR count). The van der Waals surface area contributed by atoms with Crippen LogP contribution in [-0.2, 0) is 14.3 Å². The number of nitrogens with zero attached hydrogens (tertiary/aromatic N) is 3. The van der Waals surface area contributed by atoms with E-state index in [0.29, 0.717) is 0 Å². The fourth-order valence-electron chi connectivity index (χ4n) is 2.30. The van der Waals surface area contributed by atoms with Gasteiger partial charge in [0.1, 0.15) is 18.3 Å². The topological polar surface area (TPSA) is 226 Å². The van der Waals surface area contributed by atoms with Crippen LogP contribution in [0.1, 0.15) is 13.3 Å². The maximum atomic E-state index is 11.2. The molecule has 13 nitrogen and oxygen atoms in total. The van der Waals surface area contributed by atoms with E-state index in [4.69, 9.17) is 15.4 Å². The summed E-state index contributed by atoms with van der Waals surface area (Å²) in [5.41, 5.74) is 8.21. The van der Waals surface area contributed by atoms with Crippen LogP contribution in [0.3, 0.4) is 0 Å². The first kappa shape index (κ1) is 20.1. The van der Waals surface area contributed by atoms with Gasteiger partial charge in [-0.3, -0.25) is 4.79 Å². The van der Waals surface area contributed by atoms with Crippen LogP contribution in [0.4, 0.5) is 0 Å². The van der Waals surface area contributed by atoms with Crippen molar-refractivity contribution in [1.29, 1.82) is 0 Å². The Morgan fingerprint density at radius 2 is 2.00 bits per heavy atom. The minimum Gasteiger partial charge on any atom is -0.477 e. The summed E-state index contributed by atoms with van der Waals surface area (Å²) in [5.74, 6) is -5.45. The van der Waals surface area contributed by atoms with Crippen molar-refractivity contribution in [3.8, 4) is 0 Å². The van der Waals surface area contributed by atoms with Crippen LogP contribution >= 0.6 is 0 Å². The molecule has 0 spiro atoms. The summed E-state index contributed by atoms with van der Waals surface area (Å²) in [4.78, 5) is 24.5. The number of carbonyl (C=O) groups is 2. The van der Waals surface area contributed by atoms with Crippen LogP contribution in [0.25, 0.3) is 10.4 Å². The third kappa shape index (κ3) is 4.30. The van der Waals surface area contributed by atoms with Gasteiger partial charge in [0.05, 0.1) is 12.1 Å². The van der Waals surface area contributed by atoms with Crippen molar-refractivity contribution < 1.29 is 45.0 Å². The first-order chi connectivity index (χ1) is 11.0. The molecule has 13 heteroatoms. The maximum Gasteiger partial charge on any atom is 0.364 e. The monoisotopic (exact) mass is 350 g/mol. The molecule has 0 aromatic rings. The molecule has 1 amide bonds. The Hall–Kier alpha value is -1.99. The zero-order chi connectivity index (χ0) is 18.7. The minimum atomic E-state index is -2.90. The van der Waals surface area contributed by atoms with E-state index in [2.05, 4.69) is 15.3 Å². The standard InChI is InChI=1S/C11H18N4O9/c1-3(16)13-5-4(17)2-11(23,10(21)22)24-8(5)6(18)7(19)9(20)14-15-12/h4-9,17-20,23H,2H2,1H3,(H,13,16)(H,21,22)/t4-,5+,6?,7?,8+,9?,11?/m0/s1. The third-order valence-corrected chi connectivity index (χ3v) is 3.45. The molecular weight excluding hydrogens is 332 g/mol. The summed E-state index contributed by atoms with van der Waals surface area (Å²) in [7, 11) is 0. The van der Waals surface area contributed by atoms with Crippen molar-refractivity contribution in [3.05, 3.63) is 10.4 Å². The highest BCUT2D eigenvalue weighted by Crippen LogP contribution is 2.31. The SMILES string of the molecule is CC(=O)N[C@@H]1[C@@H](O)CC(O)(C(=O)O)O[C@H]1C(O)C(O)C(O)N=[N+]=[N-]. The number of amides is 1. The molecule has 0 bridgehead atoms. The van der Waals surface area contributed by atoms with E-state index in [1.165, 1.54) is 0 Å². The Labute approximate surface area is 134 Å². The molecular formula is C11H18N4O9. The van der Waals surface area contributed by atoms with Crippen molar-refractivity contribution in [2.45, 2.75) is 55.8 Å². The zero-order valence-electron chi connectivity index (χ0n) is 12.4. The number of nitrogens with one attached hydrogen (secondary N) is 1. The van der Waals surface area contributed by atoms with Gasteiger partial charge in [0.15, 0.2) is 6.23 Å². The smallest absolute Gasteiger partial charge is 0.364 e. The number of ether oxygens (including phenoxy) is 1. The summed E-state index contributed by atoms with van der Waals surface area (Å²) in [6.45, 7) is 1.07. The number of aliphatic carboxylic acids is 1. The van der Waals surface area contributed by atoms with E-state index in [9.17, 15) is 35.1 Å². The lowest BCUT2D eigenvalue weighted by molar-refractivity contribution is -0.296. The minimum absolute atomic E-state index is 0.675. The van der Waals surface area contributed by atoms with E-state index < -0.39 is 60.8 Å². The molecule has 0 aliphatic carbocycles. The summed E-state index contributed by atoms with van der Waals surface area (Å²) in [6, 6.07) is -1.41. The van der Waals surface area contributed by atoms with Gasteiger partial charge < -0.3 is 40.7 Å². The average Bonchev–Trinajstić information content (AvgIpc) is 2.48. The Morgan fingerprint density at radius 3 is 2.46 bits per heavy atom. The van der Waals surface area contributed by atoms with Crippen molar-refractivity contribution >= 4 is 11.9 Å². The van der Waals surface area contributed by atoms with E-state index in [0.717, 1.165) is 6.92 Å². The second-order valence-electron chi connectivity index (χ2n) is 5.27. The molecule has 0 radical (unpaired) electrons. The quantitative estimate of drug-likeness (QED) is 0.145. The van der Waals surface area contributed by atoms with Crippen LogP contribution in [-0.4, -0.2) is 85.0 Å². The number of rotatable bonds is 6. The van der Waals surface area contributed by atoms with Crippen molar-refractivity contribution in [2.24, 2.45) is 5.11 Å². The first-order valence-electron chi connectivity index (χ1n) is 6.70. The van der Waals surface area contributed by atoms with Crippen LogP contribution in [0.15, 0.2) is 5.11 Å². The van der Waals surface area contributed by atoms with E-state index in [1.54, 1.807) is 0 Å². The zero-order valence-corrected chi connectivity index (χ0v) is 12.4. The average molecular weight is 350 g/mol. The Bertz CT molecular complexity index is 540. The van der Waals surface area contributed by atoms with Gasteiger partial charge in [0, 0.05) is 18.3 Å². The number of carbonyl (C=O) groups excluding carboxylic acids is 1. The highest BCUT2D eigenvalue weighted by atomic mass is 16.7. The molecule has 0 saturated carbocycles. The number of aliphatic hydroxyl groups is 5. The predicted octanol–water partition coefficient (Wildman–Crippen LogP) is -3.24.